The number of hydrogen-bond donors (Lipinski definition) is 2. The van der Waals surface area contributed by atoms with E-state index in [0.717, 1.165) is 29.7 Å². The molecular weight excluding hydrogens is 392 g/mol. The van der Waals surface area contributed by atoms with Crippen LogP contribution >= 0.6 is 0 Å². The number of hydrogen-bond acceptors (Lipinski definition) is 2. The van der Waals surface area contributed by atoms with Gasteiger partial charge in [0.05, 0.1) is 12.7 Å². The molecule has 10 unspecified atom stereocenters. The first kappa shape index (κ1) is 23.4. The van der Waals surface area contributed by atoms with Gasteiger partial charge in [0.2, 0.25) is 0 Å². The zero-order valence-electron chi connectivity index (χ0n) is 21.8. The lowest BCUT2D eigenvalue weighted by atomic mass is 9.32. The quantitative estimate of drug-likeness (QED) is 0.452. The van der Waals surface area contributed by atoms with Gasteiger partial charge in [0.1, 0.15) is 0 Å². The van der Waals surface area contributed by atoms with Crippen molar-refractivity contribution < 1.29 is 10.2 Å². The van der Waals surface area contributed by atoms with E-state index in [1.54, 1.807) is 0 Å². The van der Waals surface area contributed by atoms with E-state index in [1.165, 1.54) is 57.8 Å². The Morgan fingerprint density at radius 2 is 1.28 bits per heavy atom. The van der Waals surface area contributed by atoms with Crippen LogP contribution in [0.1, 0.15) is 106 Å². The van der Waals surface area contributed by atoms with Crippen LogP contribution in [0.25, 0.3) is 0 Å². The second-order valence-electron chi connectivity index (χ2n) is 14.6. The molecule has 32 heavy (non-hydrogen) atoms. The van der Waals surface area contributed by atoms with E-state index >= 15 is 0 Å². The molecule has 0 spiro atoms. The van der Waals surface area contributed by atoms with Crippen LogP contribution in [0.2, 0.25) is 0 Å². The minimum Gasteiger partial charge on any atom is -0.393 e. The van der Waals surface area contributed by atoms with Gasteiger partial charge in [-0.05, 0) is 126 Å². The van der Waals surface area contributed by atoms with E-state index < -0.39 is 0 Å². The van der Waals surface area contributed by atoms with E-state index in [0.29, 0.717) is 33.5 Å². The standard InChI is InChI=1S/C30H50O2/c1-19(18-31)20-10-14-27(4)21(20)11-16-29(6)23(27)8-9-24-28(5)15-13-25(32)26(2,3)22(28)12-17-30(24,29)7/h20-25,31-32H,1,8-18H2,2-7H3. The Labute approximate surface area is 197 Å². The van der Waals surface area contributed by atoms with Crippen molar-refractivity contribution in [3.8, 4) is 0 Å². The van der Waals surface area contributed by atoms with E-state index in [2.05, 4.69) is 48.1 Å². The van der Waals surface area contributed by atoms with E-state index in [9.17, 15) is 10.2 Å². The summed E-state index contributed by atoms with van der Waals surface area (Å²) < 4.78 is 0. The Morgan fingerprint density at radius 3 is 1.91 bits per heavy atom. The van der Waals surface area contributed by atoms with Gasteiger partial charge in [-0.2, -0.15) is 0 Å². The van der Waals surface area contributed by atoms with Crippen LogP contribution in [0.4, 0.5) is 0 Å². The minimum absolute atomic E-state index is 0.0407. The second-order valence-corrected chi connectivity index (χ2v) is 14.6. The summed E-state index contributed by atoms with van der Waals surface area (Å²) in [5.41, 5.74) is 2.72. The molecule has 5 saturated carbocycles. The molecule has 0 heterocycles. The largest absolute Gasteiger partial charge is 0.393 e. The summed E-state index contributed by atoms with van der Waals surface area (Å²) in [6.45, 7) is 19.8. The summed E-state index contributed by atoms with van der Waals surface area (Å²) in [6, 6.07) is 0. The average Bonchev–Trinajstić information content (AvgIpc) is 3.08. The van der Waals surface area contributed by atoms with Gasteiger partial charge in [-0.25, -0.2) is 0 Å². The molecule has 0 radical (unpaired) electrons. The van der Waals surface area contributed by atoms with Crippen LogP contribution in [0.15, 0.2) is 12.2 Å². The van der Waals surface area contributed by atoms with Crippen molar-refractivity contribution in [2.75, 3.05) is 6.61 Å². The number of aliphatic hydroxyl groups excluding tert-OH is 2. The zero-order valence-corrected chi connectivity index (χ0v) is 21.8. The molecule has 5 rings (SSSR count). The van der Waals surface area contributed by atoms with Crippen LogP contribution in [-0.4, -0.2) is 22.9 Å². The Kier molecular flexibility index (Phi) is 5.19. The third-order valence-electron chi connectivity index (χ3n) is 13.7. The minimum atomic E-state index is -0.138. The van der Waals surface area contributed by atoms with Gasteiger partial charge in [-0.15, -0.1) is 0 Å². The molecule has 0 amide bonds. The summed E-state index contributed by atoms with van der Waals surface area (Å²) in [4.78, 5) is 0. The molecule has 2 nitrogen and oxygen atoms in total. The van der Waals surface area contributed by atoms with E-state index in [-0.39, 0.29) is 18.1 Å². The summed E-state index contributed by atoms with van der Waals surface area (Å²) >= 11 is 0. The maximum absolute atomic E-state index is 10.9. The van der Waals surface area contributed by atoms with Crippen LogP contribution < -0.4 is 0 Å². The Morgan fingerprint density at radius 1 is 0.719 bits per heavy atom. The Bertz CT molecular complexity index is 786. The normalized spacial score (nSPS) is 56.5. The lowest BCUT2D eigenvalue weighted by Gasteiger charge is -2.73. The molecule has 0 bridgehead atoms. The maximum Gasteiger partial charge on any atom is 0.0641 e. The van der Waals surface area contributed by atoms with Crippen LogP contribution in [0, 0.1) is 56.7 Å². The average molecular weight is 443 g/mol. The van der Waals surface area contributed by atoms with E-state index in [4.69, 9.17) is 0 Å². The molecule has 0 aliphatic heterocycles. The first-order chi connectivity index (χ1) is 14.9. The topological polar surface area (TPSA) is 40.5 Å². The second kappa shape index (κ2) is 7.09. The van der Waals surface area contributed by atoms with Gasteiger partial charge in [-0.3, -0.25) is 0 Å². The lowest BCUT2D eigenvalue weighted by Crippen LogP contribution is -2.66. The fourth-order valence-corrected chi connectivity index (χ4v) is 11.8. The van der Waals surface area contributed by atoms with Crippen LogP contribution in [0.3, 0.4) is 0 Å². The van der Waals surface area contributed by atoms with Crippen molar-refractivity contribution in [1.82, 2.24) is 0 Å². The van der Waals surface area contributed by atoms with Crippen LogP contribution in [0.5, 0.6) is 0 Å². The third kappa shape index (κ3) is 2.66. The summed E-state index contributed by atoms with van der Waals surface area (Å²) in [7, 11) is 0. The summed E-state index contributed by atoms with van der Waals surface area (Å²) in [5, 5.41) is 20.7. The van der Waals surface area contributed by atoms with Crippen LogP contribution in [-0.2, 0) is 0 Å². The van der Waals surface area contributed by atoms with Gasteiger partial charge < -0.3 is 10.2 Å². The molecule has 0 aromatic rings. The molecule has 182 valence electrons. The molecule has 2 N–H and O–H groups in total. The smallest absolute Gasteiger partial charge is 0.0641 e. The first-order valence-corrected chi connectivity index (χ1v) is 13.8. The molecule has 0 saturated heterocycles. The molecule has 5 fully saturated rings. The molecule has 2 heteroatoms. The number of fused-ring (bicyclic) bond motifs is 7. The predicted octanol–water partition coefficient (Wildman–Crippen LogP) is 7.00. The van der Waals surface area contributed by atoms with E-state index in [1.807, 2.05) is 0 Å². The monoisotopic (exact) mass is 442 g/mol. The van der Waals surface area contributed by atoms with Gasteiger partial charge in [-0.1, -0.05) is 48.1 Å². The number of rotatable bonds is 2. The van der Waals surface area contributed by atoms with Crippen molar-refractivity contribution in [3.05, 3.63) is 12.2 Å². The Hall–Kier alpha value is -0.340. The van der Waals surface area contributed by atoms with Crippen molar-refractivity contribution in [2.24, 2.45) is 56.7 Å². The highest BCUT2D eigenvalue weighted by atomic mass is 16.3. The zero-order chi connectivity index (χ0) is 23.3. The van der Waals surface area contributed by atoms with Crippen molar-refractivity contribution in [1.29, 1.82) is 0 Å². The number of aliphatic hydroxyl groups is 2. The SMILES string of the molecule is C=C(CO)C1CCC2(C)C1CCC1(C)C2CCC2C3(C)CCC(O)C(C)(C)C3CCC21C. The van der Waals surface area contributed by atoms with Gasteiger partial charge in [0, 0.05) is 0 Å². The predicted molar refractivity (Wildman–Crippen MR) is 132 cm³/mol. The fourth-order valence-electron chi connectivity index (χ4n) is 11.8. The molecule has 0 aromatic heterocycles. The highest BCUT2D eigenvalue weighted by Crippen LogP contribution is 2.77. The van der Waals surface area contributed by atoms with Gasteiger partial charge in [0.15, 0.2) is 0 Å². The summed E-state index contributed by atoms with van der Waals surface area (Å²) in [6.07, 6.45) is 12.7. The fraction of sp³-hybridized carbons (Fsp3) is 0.933. The van der Waals surface area contributed by atoms with Gasteiger partial charge in [0.25, 0.3) is 0 Å². The van der Waals surface area contributed by atoms with Crippen molar-refractivity contribution in [3.63, 3.8) is 0 Å². The van der Waals surface area contributed by atoms with Crippen molar-refractivity contribution in [2.45, 2.75) is 112 Å². The van der Waals surface area contributed by atoms with Gasteiger partial charge >= 0.3 is 0 Å². The maximum atomic E-state index is 10.9. The third-order valence-corrected chi connectivity index (χ3v) is 13.7. The highest BCUT2D eigenvalue weighted by Gasteiger charge is 2.70. The van der Waals surface area contributed by atoms with Crippen molar-refractivity contribution >= 4 is 0 Å². The Balaban J connectivity index is 1.50. The lowest BCUT2D eigenvalue weighted by molar-refractivity contribution is -0.251. The first-order valence-electron chi connectivity index (χ1n) is 13.8. The molecular formula is C30H50O2. The molecule has 0 aromatic carbocycles. The summed E-state index contributed by atoms with van der Waals surface area (Å²) in [5.74, 6) is 3.48. The molecule has 5 aliphatic carbocycles. The highest BCUT2D eigenvalue weighted by molar-refractivity contribution is 5.21. The molecule has 10 atom stereocenters. The molecule has 5 aliphatic rings.